The van der Waals surface area contributed by atoms with Gasteiger partial charge in [0.05, 0.1) is 7.11 Å². The topological polar surface area (TPSA) is 49.8 Å². The van der Waals surface area contributed by atoms with E-state index in [9.17, 15) is 0 Å². The third-order valence-corrected chi connectivity index (χ3v) is 4.81. The van der Waals surface area contributed by atoms with E-state index in [1.807, 2.05) is 19.2 Å². The summed E-state index contributed by atoms with van der Waals surface area (Å²) in [4.78, 5) is 10.9. The van der Waals surface area contributed by atoms with E-state index >= 15 is 0 Å². The maximum Gasteiger partial charge on any atom is 0.213 e. The third kappa shape index (κ3) is 2.82. The molecule has 0 amide bonds. The van der Waals surface area contributed by atoms with Gasteiger partial charge in [-0.2, -0.15) is 0 Å². The largest absolute Gasteiger partial charge is 0.481 e. The van der Waals surface area contributed by atoms with Crippen LogP contribution in [-0.4, -0.2) is 42.1 Å². The van der Waals surface area contributed by atoms with Gasteiger partial charge in [-0.3, -0.25) is 4.99 Å². The second-order valence-corrected chi connectivity index (χ2v) is 6.64. The predicted molar refractivity (Wildman–Crippen MR) is 85.6 cm³/mol. The number of hydrogen-bond acceptors (Lipinski definition) is 3. The SMILES string of the molecule is CN=C(NCc1ccnc(OC)c1)N1CC(C)(C)C1(C)C. The van der Waals surface area contributed by atoms with Crippen LogP contribution in [0.2, 0.25) is 0 Å². The molecular formula is C16H26N4O. The number of ether oxygens (including phenoxy) is 1. The first-order valence-corrected chi connectivity index (χ1v) is 7.29. The number of nitrogens with one attached hydrogen (secondary N) is 1. The highest BCUT2D eigenvalue weighted by Crippen LogP contribution is 2.46. The zero-order valence-electron chi connectivity index (χ0n) is 13.9. The van der Waals surface area contributed by atoms with Gasteiger partial charge in [-0.1, -0.05) is 13.8 Å². The quantitative estimate of drug-likeness (QED) is 0.685. The van der Waals surface area contributed by atoms with Crippen molar-refractivity contribution in [1.82, 2.24) is 15.2 Å². The van der Waals surface area contributed by atoms with Gasteiger partial charge in [-0.05, 0) is 25.5 Å². The molecular weight excluding hydrogens is 264 g/mol. The predicted octanol–water partition coefficient (Wildman–Crippen LogP) is 2.29. The van der Waals surface area contributed by atoms with Gasteiger partial charge in [0, 0.05) is 43.4 Å². The highest BCUT2D eigenvalue weighted by Gasteiger charge is 2.53. The third-order valence-electron chi connectivity index (χ3n) is 4.81. The lowest BCUT2D eigenvalue weighted by Crippen LogP contribution is -2.72. The fourth-order valence-electron chi connectivity index (χ4n) is 2.55. The molecule has 0 unspecified atom stereocenters. The fourth-order valence-corrected chi connectivity index (χ4v) is 2.55. The smallest absolute Gasteiger partial charge is 0.213 e. The standard InChI is InChI=1S/C16H26N4O/c1-15(2)11-20(16(15,3)4)14(17-5)19-10-12-7-8-18-13(9-12)21-6/h7-9H,10-11H2,1-6H3,(H,17,19). The Morgan fingerprint density at radius 2 is 2.14 bits per heavy atom. The summed E-state index contributed by atoms with van der Waals surface area (Å²) in [5.74, 6) is 1.57. The first-order valence-electron chi connectivity index (χ1n) is 7.29. The summed E-state index contributed by atoms with van der Waals surface area (Å²) in [5, 5.41) is 3.42. The van der Waals surface area contributed by atoms with Gasteiger partial charge in [0.25, 0.3) is 0 Å². The van der Waals surface area contributed by atoms with Crippen molar-refractivity contribution < 1.29 is 4.74 Å². The second kappa shape index (κ2) is 5.54. The Kier molecular flexibility index (Phi) is 4.12. The molecule has 0 aromatic carbocycles. The average Bonchev–Trinajstić information content (AvgIpc) is 2.47. The molecule has 0 bridgehead atoms. The lowest BCUT2D eigenvalue weighted by atomic mass is 9.65. The molecule has 1 N–H and O–H groups in total. The Morgan fingerprint density at radius 1 is 1.43 bits per heavy atom. The van der Waals surface area contributed by atoms with E-state index in [0.717, 1.165) is 18.1 Å². The number of guanidine groups is 1. The van der Waals surface area contributed by atoms with Crippen molar-refractivity contribution >= 4 is 5.96 Å². The van der Waals surface area contributed by atoms with Crippen LogP contribution in [0.5, 0.6) is 5.88 Å². The molecule has 116 valence electrons. The minimum Gasteiger partial charge on any atom is -0.481 e. The summed E-state index contributed by atoms with van der Waals surface area (Å²) >= 11 is 0. The average molecular weight is 290 g/mol. The van der Waals surface area contributed by atoms with Crippen molar-refractivity contribution in [3.63, 3.8) is 0 Å². The van der Waals surface area contributed by atoms with E-state index in [0.29, 0.717) is 17.8 Å². The number of aromatic nitrogens is 1. The van der Waals surface area contributed by atoms with Gasteiger partial charge < -0.3 is 15.0 Å². The molecule has 1 aliphatic rings. The Morgan fingerprint density at radius 3 is 2.67 bits per heavy atom. The van der Waals surface area contributed by atoms with Crippen LogP contribution < -0.4 is 10.1 Å². The highest BCUT2D eigenvalue weighted by atomic mass is 16.5. The molecule has 1 saturated heterocycles. The molecule has 2 rings (SSSR count). The van der Waals surface area contributed by atoms with Crippen molar-refractivity contribution in [3.05, 3.63) is 23.9 Å². The van der Waals surface area contributed by atoms with E-state index in [1.54, 1.807) is 13.3 Å². The number of hydrogen-bond donors (Lipinski definition) is 1. The van der Waals surface area contributed by atoms with Gasteiger partial charge in [-0.25, -0.2) is 4.98 Å². The van der Waals surface area contributed by atoms with Gasteiger partial charge in [0.15, 0.2) is 5.96 Å². The van der Waals surface area contributed by atoms with Crippen LogP contribution in [0.15, 0.2) is 23.3 Å². The summed E-state index contributed by atoms with van der Waals surface area (Å²) in [6, 6.07) is 3.92. The van der Waals surface area contributed by atoms with Crippen LogP contribution in [-0.2, 0) is 6.54 Å². The van der Waals surface area contributed by atoms with E-state index in [1.165, 1.54) is 0 Å². The molecule has 1 fully saturated rings. The molecule has 5 heteroatoms. The van der Waals surface area contributed by atoms with Crippen molar-refractivity contribution in [1.29, 1.82) is 0 Å². The number of rotatable bonds is 3. The number of nitrogens with zero attached hydrogens (tertiary/aromatic N) is 3. The summed E-state index contributed by atoms with van der Waals surface area (Å²) in [6.07, 6.45) is 1.76. The Bertz CT molecular complexity index is 537. The maximum absolute atomic E-state index is 5.15. The highest BCUT2D eigenvalue weighted by molar-refractivity contribution is 5.82. The van der Waals surface area contributed by atoms with Crippen LogP contribution >= 0.6 is 0 Å². The van der Waals surface area contributed by atoms with Crippen molar-refractivity contribution in [2.45, 2.75) is 39.8 Å². The zero-order valence-corrected chi connectivity index (χ0v) is 13.9. The van der Waals surface area contributed by atoms with Gasteiger partial charge in [0.2, 0.25) is 5.88 Å². The van der Waals surface area contributed by atoms with Gasteiger partial charge >= 0.3 is 0 Å². The van der Waals surface area contributed by atoms with Crippen LogP contribution in [0.4, 0.5) is 0 Å². The molecule has 1 aromatic rings. The Labute approximate surface area is 127 Å². The molecule has 0 atom stereocenters. The monoisotopic (exact) mass is 290 g/mol. The first kappa shape index (κ1) is 15.6. The van der Waals surface area contributed by atoms with E-state index in [-0.39, 0.29) is 5.54 Å². The number of pyridine rings is 1. The molecule has 5 nitrogen and oxygen atoms in total. The number of aliphatic imine (C=N–C) groups is 1. The molecule has 0 radical (unpaired) electrons. The van der Waals surface area contributed by atoms with E-state index < -0.39 is 0 Å². The minimum absolute atomic E-state index is 0.102. The first-order chi connectivity index (χ1) is 9.81. The molecule has 0 spiro atoms. The van der Waals surface area contributed by atoms with Crippen LogP contribution in [0, 0.1) is 5.41 Å². The van der Waals surface area contributed by atoms with Crippen LogP contribution in [0.25, 0.3) is 0 Å². The summed E-state index contributed by atoms with van der Waals surface area (Å²) in [5.41, 5.74) is 1.52. The maximum atomic E-state index is 5.15. The molecule has 21 heavy (non-hydrogen) atoms. The fraction of sp³-hybridized carbons (Fsp3) is 0.625. The van der Waals surface area contributed by atoms with Crippen molar-refractivity contribution in [2.24, 2.45) is 10.4 Å². The number of methoxy groups -OCH3 is 1. The summed E-state index contributed by atoms with van der Waals surface area (Å²) in [6.45, 7) is 10.8. The van der Waals surface area contributed by atoms with E-state index in [4.69, 9.17) is 4.74 Å². The molecule has 1 aromatic heterocycles. The van der Waals surface area contributed by atoms with Crippen LogP contribution in [0.3, 0.4) is 0 Å². The second-order valence-electron chi connectivity index (χ2n) is 6.64. The van der Waals surface area contributed by atoms with E-state index in [2.05, 4.69) is 47.9 Å². The molecule has 0 aliphatic carbocycles. The molecule has 2 heterocycles. The Hall–Kier alpha value is -1.78. The molecule has 0 saturated carbocycles. The van der Waals surface area contributed by atoms with Crippen molar-refractivity contribution in [2.75, 3.05) is 20.7 Å². The normalized spacial score (nSPS) is 19.9. The minimum atomic E-state index is 0.102. The number of likely N-dealkylation sites (tertiary alicyclic amines) is 1. The lowest BCUT2D eigenvalue weighted by Gasteiger charge is -2.62. The Balaban J connectivity index is 2.01. The van der Waals surface area contributed by atoms with Gasteiger partial charge in [-0.15, -0.1) is 0 Å². The summed E-state index contributed by atoms with van der Waals surface area (Å²) in [7, 11) is 3.46. The summed E-state index contributed by atoms with van der Waals surface area (Å²) < 4.78 is 5.15. The van der Waals surface area contributed by atoms with Crippen molar-refractivity contribution in [3.8, 4) is 5.88 Å². The molecule has 1 aliphatic heterocycles. The lowest BCUT2D eigenvalue weighted by molar-refractivity contribution is -0.0667. The van der Waals surface area contributed by atoms with Crippen LogP contribution in [0.1, 0.15) is 33.3 Å². The zero-order chi connectivity index (χ0) is 15.7. The van der Waals surface area contributed by atoms with Gasteiger partial charge in [0.1, 0.15) is 0 Å².